The van der Waals surface area contributed by atoms with Gasteiger partial charge in [0.25, 0.3) is 5.91 Å². The number of carbonyl (C=O) groups is 1. The summed E-state index contributed by atoms with van der Waals surface area (Å²) in [7, 11) is 1.59. The lowest BCUT2D eigenvalue weighted by molar-refractivity contribution is 0.102. The highest BCUT2D eigenvalue weighted by Gasteiger charge is 2.11. The van der Waals surface area contributed by atoms with Crippen LogP contribution >= 0.6 is 31.9 Å². The molecule has 0 aromatic heterocycles. The van der Waals surface area contributed by atoms with E-state index in [4.69, 9.17) is 4.74 Å². The van der Waals surface area contributed by atoms with E-state index >= 15 is 0 Å². The number of benzene rings is 2. The van der Waals surface area contributed by atoms with Crippen LogP contribution in [0, 0.1) is 6.92 Å². The van der Waals surface area contributed by atoms with E-state index in [1.54, 1.807) is 19.2 Å². The quantitative estimate of drug-likeness (QED) is 0.807. The molecule has 0 aliphatic rings. The van der Waals surface area contributed by atoms with Gasteiger partial charge < -0.3 is 10.1 Å². The second kappa shape index (κ2) is 6.41. The van der Waals surface area contributed by atoms with Crippen molar-refractivity contribution in [1.82, 2.24) is 0 Å². The molecule has 0 bridgehead atoms. The molecule has 0 spiro atoms. The molecule has 1 amide bonds. The minimum atomic E-state index is -0.149. The summed E-state index contributed by atoms with van der Waals surface area (Å²) < 4.78 is 6.92. The van der Waals surface area contributed by atoms with Crippen molar-refractivity contribution in [3.05, 3.63) is 56.5 Å². The molecule has 0 aliphatic heterocycles. The van der Waals surface area contributed by atoms with Gasteiger partial charge in [0.1, 0.15) is 5.75 Å². The predicted molar refractivity (Wildman–Crippen MR) is 87.5 cm³/mol. The Kier molecular flexibility index (Phi) is 4.83. The normalized spacial score (nSPS) is 10.2. The topological polar surface area (TPSA) is 38.3 Å². The van der Waals surface area contributed by atoms with Crippen molar-refractivity contribution < 1.29 is 9.53 Å². The number of amides is 1. The first-order valence-electron chi connectivity index (χ1n) is 5.92. The van der Waals surface area contributed by atoms with Gasteiger partial charge in [-0.25, -0.2) is 0 Å². The molecule has 2 aromatic carbocycles. The maximum absolute atomic E-state index is 12.3. The van der Waals surface area contributed by atoms with E-state index in [0.717, 1.165) is 14.5 Å². The molecule has 0 saturated heterocycles. The lowest BCUT2D eigenvalue weighted by Gasteiger charge is -2.11. The number of anilines is 1. The van der Waals surface area contributed by atoms with Crippen LogP contribution in [0.15, 0.2) is 45.3 Å². The van der Waals surface area contributed by atoms with Crippen LogP contribution in [0.5, 0.6) is 5.75 Å². The number of rotatable bonds is 3. The van der Waals surface area contributed by atoms with E-state index in [0.29, 0.717) is 17.0 Å². The monoisotopic (exact) mass is 397 g/mol. The van der Waals surface area contributed by atoms with E-state index in [-0.39, 0.29) is 5.91 Å². The van der Waals surface area contributed by atoms with Gasteiger partial charge in [0, 0.05) is 20.6 Å². The molecule has 0 heterocycles. The van der Waals surface area contributed by atoms with E-state index in [9.17, 15) is 4.79 Å². The lowest BCUT2D eigenvalue weighted by Crippen LogP contribution is -2.13. The molecule has 0 aliphatic carbocycles. The summed E-state index contributed by atoms with van der Waals surface area (Å²) in [4.78, 5) is 12.3. The van der Waals surface area contributed by atoms with Crippen LogP contribution in [0.25, 0.3) is 0 Å². The summed E-state index contributed by atoms with van der Waals surface area (Å²) >= 11 is 6.80. The van der Waals surface area contributed by atoms with Gasteiger partial charge in [-0.1, -0.05) is 15.9 Å². The summed E-state index contributed by atoms with van der Waals surface area (Å²) in [6, 6.07) is 11.0. The number of carbonyl (C=O) groups excluding carboxylic acids is 1. The van der Waals surface area contributed by atoms with Gasteiger partial charge in [-0.05, 0) is 58.7 Å². The largest absolute Gasteiger partial charge is 0.497 e. The Hall–Kier alpha value is -1.33. The van der Waals surface area contributed by atoms with Gasteiger partial charge in [0.2, 0.25) is 0 Å². The first kappa shape index (κ1) is 15.1. The molecular formula is C15H13Br2NO2. The fourth-order valence-corrected chi connectivity index (χ4v) is 2.62. The first-order valence-corrected chi connectivity index (χ1v) is 7.51. The number of halogens is 2. The average Bonchev–Trinajstić information content (AvgIpc) is 2.41. The first-order chi connectivity index (χ1) is 9.51. The Morgan fingerprint density at radius 1 is 1.15 bits per heavy atom. The molecule has 3 nitrogen and oxygen atoms in total. The highest BCUT2D eigenvalue weighted by Crippen LogP contribution is 2.28. The summed E-state index contributed by atoms with van der Waals surface area (Å²) in [6.07, 6.45) is 0. The van der Waals surface area contributed by atoms with Crippen LogP contribution < -0.4 is 10.1 Å². The number of aryl methyl sites for hydroxylation is 1. The lowest BCUT2D eigenvalue weighted by atomic mass is 10.1. The maximum Gasteiger partial charge on any atom is 0.255 e. The summed E-state index contributed by atoms with van der Waals surface area (Å²) in [6.45, 7) is 1.90. The van der Waals surface area contributed by atoms with Crippen LogP contribution in [0.2, 0.25) is 0 Å². The highest BCUT2D eigenvalue weighted by molar-refractivity contribution is 9.10. The molecule has 0 radical (unpaired) electrons. The van der Waals surface area contributed by atoms with Crippen molar-refractivity contribution in [3.63, 3.8) is 0 Å². The Morgan fingerprint density at radius 3 is 2.55 bits per heavy atom. The van der Waals surface area contributed by atoms with Gasteiger partial charge in [0.15, 0.2) is 0 Å². The molecule has 0 unspecified atom stereocenters. The van der Waals surface area contributed by atoms with Crippen LogP contribution in [0.1, 0.15) is 15.9 Å². The van der Waals surface area contributed by atoms with E-state index < -0.39 is 0 Å². The van der Waals surface area contributed by atoms with E-state index in [2.05, 4.69) is 37.2 Å². The third-order valence-electron chi connectivity index (χ3n) is 2.85. The molecule has 2 aromatic rings. The van der Waals surface area contributed by atoms with Crippen molar-refractivity contribution in [3.8, 4) is 5.75 Å². The second-order valence-electron chi connectivity index (χ2n) is 4.26. The SMILES string of the molecule is COc1ccc(Br)c(NC(=O)c2ccc(Br)cc2C)c1. The zero-order chi connectivity index (χ0) is 14.7. The Labute approximate surface area is 134 Å². The molecule has 0 atom stereocenters. The number of methoxy groups -OCH3 is 1. The maximum atomic E-state index is 12.3. The van der Waals surface area contributed by atoms with Crippen LogP contribution in [0.4, 0.5) is 5.69 Å². The molecule has 20 heavy (non-hydrogen) atoms. The van der Waals surface area contributed by atoms with E-state index in [1.807, 2.05) is 31.2 Å². The van der Waals surface area contributed by atoms with Crippen LogP contribution in [-0.4, -0.2) is 13.0 Å². The number of nitrogens with one attached hydrogen (secondary N) is 1. The van der Waals surface area contributed by atoms with E-state index in [1.165, 1.54) is 0 Å². The second-order valence-corrected chi connectivity index (χ2v) is 6.03. The Morgan fingerprint density at radius 2 is 1.90 bits per heavy atom. The van der Waals surface area contributed by atoms with Gasteiger partial charge in [-0.15, -0.1) is 0 Å². The zero-order valence-electron chi connectivity index (χ0n) is 11.0. The minimum Gasteiger partial charge on any atom is -0.497 e. The highest BCUT2D eigenvalue weighted by atomic mass is 79.9. The average molecular weight is 399 g/mol. The molecule has 2 rings (SSSR count). The molecule has 5 heteroatoms. The van der Waals surface area contributed by atoms with Crippen molar-refractivity contribution in [2.75, 3.05) is 12.4 Å². The van der Waals surface area contributed by atoms with Gasteiger partial charge >= 0.3 is 0 Å². The molecular weight excluding hydrogens is 386 g/mol. The summed E-state index contributed by atoms with van der Waals surface area (Å²) in [5.41, 5.74) is 2.23. The summed E-state index contributed by atoms with van der Waals surface area (Å²) in [5, 5.41) is 2.88. The van der Waals surface area contributed by atoms with Crippen LogP contribution in [-0.2, 0) is 0 Å². The van der Waals surface area contributed by atoms with Crippen molar-refractivity contribution in [2.45, 2.75) is 6.92 Å². The number of hydrogen-bond acceptors (Lipinski definition) is 2. The van der Waals surface area contributed by atoms with Crippen molar-refractivity contribution >= 4 is 43.5 Å². The third-order valence-corrected chi connectivity index (χ3v) is 4.04. The zero-order valence-corrected chi connectivity index (χ0v) is 14.2. The number of ether oxygens (including phenoxy) is 1. The van der Waals surface area contributed by atoms with Crippen molar-refractivity contribution in [2.24, 2.45) is 0 Å². The minimum absolute atomic E-state index is 0.149. The van der Waals surface area contributed by atoms with Gasteiger partial charge in [-0.2, -0.15) is 0 Å². The van der Waals surface area contributed by atoms with Gasteiger partial charge in [-0.3, -0.25) is 4.79 Å². The number of hydrogen-bond donors (Lipinski definition) is 1. The molecule has 1 N–H and O–H groups in total. The fraction of sp³-hybridized carbons (Fsp3) is 0.133. The standard InChI is InChI=1S/C15H13Br2NO2/c1-9-7-10(16)3-5-12(9)15(19)18-14-8-11(20-2)4-6-13(14)17/h3-8H,1-2H3,(H,18,19). The summed E-state index contributed by atoms with van der Waals surface area (Å²) in [5.74, 6) is 0.542. The fourth-order valence-electron chi connectivity index (χ4n) is 1.80. The third kappa shape index (κ3) is 3.41. The predicted octanol–water partition coefficient (Wildman–Crippen LogP) is 4.78. The van der Waals surface area contributed by atoms with Crippen LogP contribution in [0.3, 0.4) is 0 Å². The molecule has 104 valence electrons. The molecule has 0 fully saturated rings. The smallest absolute Gasteiger partial charge is 0.255 e. The Balaban J connectivity index is 2.27. The Bertz CT molecular complexity index is 656. The van der Waals surface area contributed by atoms with Gasteiger partial charge in [0.05, 0.1) is 12.8 Å². The molecule has 0 saturated carbocycles. The van der Waals surface area contributed by atoms with Crippen molar-refractivity contribution in [1.29, 1.82) is 0 Å².